The molecule has 0 rings (SSSR count). The van der Waals surface area contributed by atoms with E-state index >= 15 is 0 Å². The summed E-state index contributed by atoms with van der Waals surface area (Å²) in [6, 6.07) is 0.371. The minimum atomic E-state index is -0.0841. The first-order valence-corrected chi connectivity index (χ1v) is 7.07. The molecular weight excluding hydrogens is 212 g/mol. The van der Waals surface area contributed by atoms with Crippen LogP contribution in [0.15, 0.2) is 0 Å². The monoisotopic (exact) mass is 244 g/mol. The Morgan fingerprint density at radius 1 is 1.12 bits per heavy atom. The molecule has 104 valence electrons. The molecule has 0 aromatic heterocycles. The second kappa shape index (κ2) is 9.86. The summed E-state index contributed by atoms with van der Waals surface area (Å²) >= 11 is 0. The summed E-state index contributed by atoms with van der Waals surface area (Å²) in [5, 5.41) is 0. The highest BCUT2D eigenvalue weighted by atomic mass is 16.5. The predicted molar refractivity (Wildman–Crippen MR) is 74.8 cm³/mol. The summed E-state index contributed by atoms with van der Waals surface area (Å²) in [6.07, 6.45) is 10.1. The Balaban J connectivity index is 3.61. The SMILES string of the molecule is CCCCCCCCC(CC(C)(C)OC)NN. The van der Waals surface area contributed by atoms with Gasteiger partial charge in [0.25, 0.3) is 0 Å². The molecule has 17 heavy (non-hydrogen) atoms. The van der Waals surface area contributed by atoms with Gasteiger partial charge in [0.05, 0.1) is 5.60 Å². The Bertz CT molecular complexity index is 172. The van der Waals surface area contributed by atoms with Gasteiger partial charge in [-0.1, -0.05) is 45.4 Å². The second-order valence-corrected chi connectivity index (χ2v) is 5.59. The van der Waals surface area contributed by atoms with Gasteiger partial charge in [-0.2, -0.15) is 0 Å². The number of methoxy groups -OCH3 is 1. The standard InChI is InChI=1S/C14H32N2O/c1-5-6-7-8-9-10-11-13(16-15)12-14(2,3)17-4/h13,16H,5-12,15H2,1-4H3. The van der Waals surface area contributed by atoms with Crippen LogP contribution < -0.4 is 11.3 Å². The van der Waals surface area contributed by atoms with Gasteiger partial charge < -0.3 is 4.74 Å². The number of hydrogen-bond acceptors (Lipinski definition) is 3. The lowest BCUT2D eigenvalue weighted by Crippen LogP contribution is -2.41. The van der Waals surface area contributed by atoms with E-state index < -0.39 is 0 Å². The summed E-state index contributed by atoms with van der Waals surface area (Å²) in [5.74, 6) is 5.59. The van der Waals surface area contributed by atoms with Crippen LogP contribution in [0.3, 0.4) is 0 Å². The molecule has 3 heteroatoms. The van der Waals surface area contributed by atoms with Gasteiger partial charge in [-0.3, -0.25) is 11.3 Å². The van der Waals surface area contributed by atoms with Gasteiger partial charge in [0, 0.05) is 13.2 Å². The fourth-order valence-corrected chi connectivity index (χ4v) is 2.09. The Morgan fingerprint density at radius 3 is 2.24 bits per heavy atom. The molecule has 0 aliphatic heterocycles. The van der Waals surface area contributed by atoms with Crippen molar-refractivity contribution in [3.05, 3.63) is 0 Å². The van der Waals surface area contributed by atoms with Crippen molar-refractivity contribution in [2.45, 2.75) is 83.8 Å². The zero-order valence-electron chi connectivity index (χ0n) is 12.2. The van der Waals surface area contributed by atoms with Crippen LogP contribution in [0, 0.1) is 0 Å². The van der Waals surface area contributed by atoms with E-state index in [-0.39, 0.29) is 5.60 Å². The van der Waals surface area contributed by atoms with Crippen LogP contribution in [0.5, 0.6) is 0 Å². The molecule has 1 unspecified atom stereocenters. The Kier molecular flexibility index (Phi) is 9.79. The normalized spacial score (nSPS) is 13.9. The number of hydrogen-bond donors (Lipinski definition) is 2. The molecule has 0 amide bonds. The third-order valence-corrected chi connectivity index (χ3v) is 3.43. The lowest BCUT2D eigenvalue weighted by atomic mass is 9.95. The van der Waals surface area contributed by atoms with Gasteiger partial charge in [0.15, 0.2) is 0 Å². The van der Waals surface area contributed by atoms with E-state index in [4.69, 9.17) is 10.6 Å². The van der Waals surface area contributed by atoms with Crippen molar-refractivity contribution in [3.63, 3.8) is 0 Å². The molecule has 3 nitrogen and oxygen atoms in total. The van der Waals surface area contributed by atoms with Crippen LogP contribution in [-0.4, -0.2) is 18.8 Å². The minimum absolute atomic E-state index is 0.0841. The van der Waals surface area contributed by atoms with Gasteiger partial charge >= 0.3 is 0 Å². The first-order valence-electron chi connectivity index (χ1n) is 7.07. The maximum Gasteiger partial charge on any atom is 0.0638 e. The highest BCUT2D eigenvalue weighted by Crippen LogP contribution is 2.19. The third kappa shape index (κ3) is 9.57. The predicted octanol–water partition coefficient (Wildman–Crippen LogP) is 3.38. The Labute approximate surface area is 107 Å². The van der Waals surface area contributed by atoms with Gasteiger partial charge in [0.1, 0.15) is 0 Å². The van der Waals surface area contributed by atoms with Crippen molar-refractivity contribution in [3.8, 4) is 0 Å². The maximum atomic E-state index is 5.59. The zero-order valence-corrected chi connectivity index (χ0v) is 12.2. The van der Waals surface area contributed by atoms with Gasteiger partial charge in [0.2, 0.25) is 0 Å². The average Bonchev–Trinajstić information content (AvgIpc) is 2.32. The van der Waals surface area contributed by atoms with E-state index in [1.54, 1.807) is 7.11 Å². The highest BCUT2D eigenvalue weighted by Gasteiger charge is 2.21. The van der Waals surface area contributed by atoms with Crippen molar-refractivity contribution in [1.29, 1.82) is 0 Å². The molecule has 1 atom stereocenters. The Morgan fingerprint density at radius 2 is 1.71 bits per heavy atom. The first kappa shape index (κ1) is 16.9. The smallest absolute Gasteiger partial charge is 0.0638 e. The molecule has 0 aromatic carbocycles. The Hall–Kier alpha value is -0.120. The summed E-state index contributed by atoms with van der Waals surface area (Å²) < 4.78 is 5.43. The number of rotatable bonds is 11. The zero-order chi connectivity index (χ0) is 13.1. The van der Waals surface area contributed by atoms with Crippen molar-refractivity contribution < 1.29 is 4.74 Å². The van der Waals surface area contributed by atoms with Crippen LogP contribution >= 0.6 is 0 Å². The molecule has 3 N–H and O–H groups in total. The van der Waals surface area contributed by atoms with Crippen LogP contribution in [-0.2, 0) is 4.74 Å². The number of ether oxygens (including phenoxy) is 1. The average molecular weight is 244 g/mol. The molecule has 0 spiro atoms. The maximum absolute atomic E-state index is 5.59. The first-order chi connectivity index (χ1) is 8.05. The third-order valence-electron chi connectivity index (χ3n) is 3.43. The quantitative estimate of drug-likeness (QED) is 0.333. The van der Waals surface area contributed by atoms with Crippen molar-refractivity contribution in [2.24, 2.45) is 5.84 Å². The van der Waals surface area contributed by atoms with Gasteiger partial charge in [-0.15, -0.1) is 0 Å². The lowest BCUT2D eigenvalue weighted by Gasteiger charge is -2.28. The highest BCUT2D eigenvalue weighted by molar-refractivity contribution is 4.76. The summed E-state index contributed by atoms with van der Waals surface area (Å²) in [7, 11) is 1.76. The van der Waals surface area contributed by atoms with Crippen molar-refractivity contribution in [2.75, 3.05) is 7.11 Å². The van der Waals surface area contributed by atoms with E-state index in [0.29, 0.717) is 6.04 Å². The van der Waals surface area contributed by atoms with Gasteiger partial charge in [-0.25, -0.2) is 0 Å². The van der Waals surface area contributed by atoms with Crippen LogP contribution in [0.4, 0.5) is 0 Å². The molecule has 0 aliphatic rings. The van der Waals surface area contributed by atoms with Crippen molar-refractivity contribution >= 4 is 0 Å². The molecule has 0 heterocycles. The van der Waals surface area contributed by atoms with Crippen molar-refractivity contribution in [1.82, 2.24) is 5.43 Å². The number of nitrogens with two attached hydrogens (primary N) is 1. The molecule has 0 aromatic rings. The molecule has 0 bridgehead atoms. The minimum Gasteiger partial charge on any atom is -0.379 e. The molecule has 0 aliphatic carbocycles. The number of nitrogens with one attached hydrogen (secondary N) is 1. The van der Waals surface area contributed by atoms with E-state index in [2.05, 4.69) is 26.2 Å². The van der Waals surface area contributed by atoms with E-state index in [0.717, 1.165) is 12.8 Å². The van der Waals surface area contributed by atoms with E-state index in [1.807, 2.05) is 0 Å². The summed E-state index contributed by atoms with van der Waals surface area (Å²) in [5.41, 5.74) is 2.83. The summed E-state index contributed by atoms with van der Waals surface area (Å²) in [6.45, 7) is 6.47. The van der Waals surface area contributed by atoms with Crippen LogP contribution in [0.25, 0.3) is 0 Å². The number of unbranched alkanes of at least 4 members (excludes halogenated alkanes) is 5. The van der Waals surface area contributed by atoms with E-state index in [9.17, 15) is 0 Å². The fraction of sp³-hybridized carbons (Fsp3) is 1.00. The second-order valence-electron chi connectivity index (χ2n) is 5.59. The van der Waals surface area contributed by atoms with Crippen LogP contribution in [0.1, 0.15) is 72.1 Å². The lowest BCUT2D eigenvalue weighted by molar-refractivity contribution is 0.00616. The topological polar surface area (TPSA) is 47.3 Å². The molecule has 0 saturated heterocycles. The number of hydrazine groups is 1. The largest absolute Gasteiger partial charge is 0.379 e. The molecule has 0 radical (unpaired) electrons. The van der Waals surface area contributed by atoms with Crippen LogP contribution in [0.2, 0.25) is 0 Å². The molecular formula is C14H32N2O. The molecule has 0 saturated carbocycles. The molecule has 0 fully saturated rings. The fourth-order valence-electron chi connectivity index (χ4n) is 2.09. The van der Waals surface area contributed by atoms with Gasteiger partial charge in [-0.05, 0) is 26.7 Å². The van der Waals surface area contributed by atoms with E-state index in [1.165, 1.54) is 38.5 Å². The summed E-state index contributed by atoms with van der Waals surface area (Å²) in [4.78, 5) is 0.